The topological polar surface area (TPSA) is 135 Å². The Morgan fingerprint density at radius 1 is 0.857 bits per heavy atom. The van der Waals surface area contributed by atoms with Gasteiger partial charge >= 0.3 is 11.9 Å². The second kappa shape index (κ2) is 7.35. The molecule has 0 atom stereocenters. The minimum absolute atomic E-state index is 0.133. The van der Waals surface area contributed by atoms with Crippen LogP contribution < -0.4 is 0 Å². The maximum absolute atomic E-state index is 11.0. The molecule has 0 heterocycles. The van der Waals surface area contributed by atoms with Gasteiger partial charge in [-0.3, -0.25) is 0 Å². The number of carboxylic acids is 2. The highest BCUT2D eigenvalue weighted by Gasteiger charge is 2.45. The zero-order valence-electron chi connectivity index (χ0n) is 12.3. The van der Waals surface area contributed by atoms with Crippen LogP contribution in [0.25, 0.3) is 0 Å². The molecule has 0 bridgehead atoms. The van der Waals surface area contributed by atoms with Crippen molar-refractivity contribution in [3.8, 4) is 0 Å². The van der Waals surface area contributed by atoms with Gasteiger partial charge in [0.05, 0.1) is 19.8 Å². The summed E-state index contributed by atoms with van der Waals surface area (Å²) in [4.78, 5) is 22.0. The van der Waals surface area contributed by atoms with Crippen molar-refractivity contribution < 1.29 is 35.1 Å². The first-order valence-electron chi connectivity index (χ1n) is 6.27. The fourth-order valence-electron chi connectivity index (χ4n) is 1.91. The van der Waals surface area contributed by atoms with Gasteiger partial charge in [0, 0.05) is 22.0 Å². The maximum atomic E-state index is 11.0. The van der Waals surface area contributed by atoms with Gasteiger partial charge in [-0.15, -0.1) is 0 Å². The van der Waals surface area contributed by atoms with Crippen LogP contribution in [0.3, 0.4) is 0 Å². The van der Waals surface area contributed by atoms with Crippen LogP contribution in [0.5, 0.6) is 0 Å². The predicted octanol–water partition coefficient (Wildman–Crippen LogP) is 0.0178. The lowest BCUT2D eigenvalue weighted by Gasteiger charge is -2.42. The molecule has 0 unspecified atom stereocenters. The van der Waals surface area contributed by atoms with Crippen molar-refractivity contribution in [1.29, 1.82) is 0 Å². The SMILES string of the molecule is CC(=CC(C=C(C)C(=O)O)(CO)C(C)(CO)CO)C(=O)O. The number of hydrogen-bond donors (Lipinski definition) is 5. The van der Waals surface area contributed by atoms with Crippen LogP contribution in [0.4, 0.5) is 0 Å². The summed E-state index contributed by atoms with van der Waals surface area (Å²) in [5.41, 5.74) is -3.13. The van der Waals surface area contributed by atoms with E-state index in [2.05, 4.69) is 0 Å². The summed E-state index contributed by atoms with van der Waals surface area (Å²) >= 11 is 0. The minimum atomic E-state index is -1.53. The molecular weight excluding hydrogens is 280 g/mol. The maximum Gasteiger partial charge on any atom is 0.330 e. The van der Waals surface area contributed by atoms with Crippen LogP contribution in [0.1, 0.15) is 20.8 Å². The molecule has 21 heavy (non-hydrogen) atoms. The number of aliphatic hydroxyl groups is 3. The lowest BCUT2D eigenvalue weighted by atomic mass is 9.64. The van der Waals surface area contributed by atoms with E-state index >= 15 is 0 Å². The number of aliphatic hydroxyl groups excluding tert-OH is 3. The summed E-state index contributed by atoms with van der Waals surface area (Å²) in [6, 6.07) is 0. The zero-order valence-corrected chi connectivity index (χ0v) is 12.3. The van der Waals surface area contributed by atoms with Crippen molar-refractivity contribution in [3.63, 3.8) is 0 Å². The van der Waals surface area contributed by atoms with Crippen molar-refractivity contribution in [2.24, 2.45) is 10.8 Å². The molecule has 0 aliphatic rings. The molecule has 0 aromatic heterocycles. The van der Waals surface area contributed by atoms with Crippen LogP contribution in [0, 0.1) is 10.8 Å². The van der Waals surface area contributed by atoms with Gasteiger partial charge in [0.1, 0.15) is 0 Å². The second-order valence-electron chi connectivity index (χ2n) is 5.34. The molecule has 0 radical (unpaired) electrons. The Kier molecular flexibility index (Phi) is 6.75. The monoisotopic (exact) mass is 302 g/mol. The standard InChI is InChI=1S/C14H22O7/c1-9(11(18)19)4-14(8-17,5-10(2)12(20)21)13(3,6-15)7-16/h4-5,15-17H,6-8H2,1-3H3,(H,18,19)(H,20,21). The molecule has 5 N–H and O–H groups in total. The Morgan fingerprint density at radius 3 is 1.38 bits per heavy atom. The van der Waals surface area contributed by atoms with Gasteiger partial charge in [-0.05, 0) is 13.8 Å². The van der Waals surface area contributed by atoms with E-state index in [9.17, 15) is 24.9 Å². The van der Waals surface area contributed by atoms with E-state index in [-0.39, 0.29) is 11.1 Å². The summed E-state index contributed by atoms with van der Waals surface area (Å²) in [5, 5.41) is 46.8. The highest BCUT2D eigenvalue weighted by molar-refractivity contribution is 5.87. The van der Waals surface area contributed by atoms with Crippen molar-refractivity contribution >= 4 is 11.9 Å². The average Bonchev–Trinajstić information content (AvgIpc) is 2.44. The largest absolute Gasteiger partial charge is 0.478 e. The molecule has 0 spiro atoms. The third-order valence-electron chi connectivity index (χ3n) is 3.71. The Bertz CT molecular complexity index is 428. The normalized spacial score (nSPS) is 16.5. The molecule has 0 aliphatic heterocycles. The first-order chi connectivity index (χ1) is 9.59. The number of carbonyl (C=O) groups is 2. The molecule has 7 nitrogen and oxygen atoms in total. The lowest BCUT2D eigenvalue weighted by Crippen LogP contribution is -2.46. The molecule has 0 saturated heterocycles. The number of carboxylic acid groups (broad SMARTS) is 2. The lowest BCUT2D eigenvalue weighted by molar-refractivity contribution is -0.133. The fourth-order valence-corrected chi connectivity index (χ4v) is 1.91. The summed E-state index contributed by atoms with van der Waals surface area (Å²) in [7, 11) is 0. The van der Waals surface area contributed by atoms with Crippen LogP contribution in [-0.4, -0.2) is 57.3 Å². The van der Waals surface area contributed by atoms with E-state index in [1.807, 2.05) is 0 Å². The number of aliphatic carboxylic acids is 2. The molecule has 0 rings (SSSR count). The van der Waals surface area contributed by atoms with Gasteiger partial charge in [-0.25, -0.2) is 9.59 Å². The van der Waals surface area contributed by atoms with Crippen molar-refractivity contribution in [1.82, 2.24) is 0 Å². The fraction of sp³-hybridized carbons (Fsp3) is 0.571. The van der Waals surface area contributed by atoms with Crippen LogP contribution in [0.2, 0.25) is 0 Å². The van der Waals surface area contributed by atoms with Gasteiger partial charge in [-0.1, -0.05) is 19.1 Å². The third kappa shape index (κ3) is 4.13. The summed E-state index contributed by atoms with van der Waals surface area (Å²) in [5.74, 6) is -2.49. The molecule has 0 saturated carbocycles. The van der Waals surface area contributed by atoms with E-state index in [0.717, 1.165) is 12.2 Å². The molecular formula is C14H22O7. The molecule has 0 amide bonds. The molecule has 0 aromatic carbocycles. The number of hydrogen-bond acceptors (Lipinski definition) is 5. The van der Waals surface area contributed by atoms with Gasteiger partial charge in [0.25, 0.3) is 0 Å². The average molecular weight is 302 g/mol. The third-order valence-corrected chi connectivity index (χ3v) is 3.71. The second-order valence-corrected chi connectivity index (χ2v) is 5.34. The van der Waals surface area contributed by atoms with Crippen molar-refractivity contribution in [2.45, 2.75) is 20.8 Å². The van der Waals surface area contributed by atoms with Gasteiger partial charge in [-0.2, -0.15) is 0 Å². The predicted molar refractivity (Wildman–Crippen MR) is 74.6 cm³/mol. The quantitative estimate of drug-likeness (QED) is 0.399. The van der Waals surface area contributed by atoms with Crippen LogP contribution in [0.15, 0.2) is 23.3 Å². The Balaban J connectivity index is 6.32. The first kappa shape index (κ1) is 19.3. The van der Waals surface area contributed by atoms with Crippen LogP contribution in [-0.2, 0) is 9.59 Å². The van der Waals surface area contributed by atoms with Gasteiger partial charge in [0.15, 0.2) is 0 Å². The summed E-state index contributed by atoms with van der Waals surface area (Å²) in [6.07, 6.45) is 2.32. The van der Waals surface area contributed by atoms with Gasteiger partial charge in [0.2, 0.25) is 0 Å². The highest BCUT2D eigenvalue weighted by Crippen LogP contribution is 2.43. The molecule has 7 heteroatoms. The van der Waals surface area contributed by atoms with Crippen molar-refractivity contribution in [2.75, 3.05) is 19.8 Å². The smallest absolute Gasteiger partial charge is 0.330 e. The van der Waals surface area contributed by atoms with E-state index in [0.29, 0.717) is 0 Å². The molecule has 120 valence electrons. The Morgan fingerprint density at radius 2 is 1.19 bits per heavy atom. The number of rotatable bonds is 8. The van der Waals surface area contributed by atoms with E-state index in [1.165, 1.54) is 20.8 Å². The van der Waals surface area contributed by atoms with Crippen molar-refractivity contribution in [3.05, 3.63) is 23.3 Å². The molecule has 0 aromatic rings. The van der Waals surface area contributed by atoms with E-state index < -0.39 is 42.6 Å². The Labute approximate surface area is 122 Å². The van der Waals surface area contributed by atoms with Gasteiger partial charge < -0.3 is 25.5 Å². The molecule has 0 fully saturated rings. The summed E-state index contributed by atoms with van der Waals surface area (Å²) in [6.45, 7) is 2.19. The zero-order chi connectivity index (χ0) is 16.8. The summed E-state index contributed by atoms with van der Waals surface area (Å²) < 4.78 is 0. The Hall–Kier alpha value is -1.70. The van der Waals surface area contributed by atoms with E-state index in [1.54, 1.807) is 0 Å². The highest BCUT2D eigenvalue weighted by atomic mass is 16.4. The minimum Gasteiger partial charge on any atom is -0.478 e. The van der Waals surface area contributed by atoms with E-state index in [4.69, 9.17) is 10.2 Å². The molecule has 0 aliphatic carbocycles. The van der Waals surface area contributed by atoms with Crippen LogP contribution >= 0.6 is 0 Å². The first-order valence-corrected chi connectivity index (χ1v) is 6.27.